The van der Waals surface area contributed by atoms with Gasteiger partial charge in [0.1, 0.15) is 11.9 Å². The molecule has 1 atom stereocenters. The number of carbonyl (C=O) groups is 1. The number of aromatic nitrogens is 2. The second kappa shape index (κ2) is 6.13. The van der Waals surface area contributed by atoms with Crippen molar-refractivity contribution in [1.29, 1.82) is 0 Å². The Balaban J connectivity index is 1.79. The van der Waals surface area contributed by atoms with Gasteiger partial charge in [-0.1, -0.05) is 23.7 Å². The number of nitrogens with zero attached hydrogens (tertiary/aromatic N) is 3. The van der Waals surface area contributed by atoms with Crippen molar-refractivity contribution in [1.82, 2.24) is 14.5 Å². The summed E-state index contributed by atoms with van der Waals surface area (Å²) in [5, 5.41) is 0.708. The third kappa shape index (κ3) is 3.17. The molecule has 22 heavy (non-hydrogen) atoms. The van der Waals surface area contributed by atoms with Crippen LogP contribution in [0.15, 0.2) is 36.7 Å². The van der Waals surface area contributed by atoms with Gasteiger partial charge >= 0.3 is 0 Å². The largest absolute Gasteiger partial charge is 0.334 e. The predicted molar refractivity (Wildman–Crippen MR) is 86.7 cm³/mol. The van der Waals surface area contributed by atoms with Crippen LogP contribution >= 0.6 is 11.6 Å². The molecule has 0 saturated heterocycles. The predicted octanol–water partition coefficient (Wildman–Crippen LogP) is 3.60. The number of hydrogen-bond acceptors (Lipinski definition) is 2. The van der Waals surface area contributed by atoms with Crippen LogP contribution in [0.3, 0.4) is 0 Å². The number of rotatable bonds is 5. The van der Waals surface area contributed by atoms with Gasteiger partial charge in [-0.05, 0) is 44.4 Å². The van der Waals surface area contributed by atoms with E-state index in [4.69, 9.17) is 11.6 Å². The SMILES string of the molecule is Cc1nccn1[C@@H](C)C(=O)N(Cc1cccc(Cl)c1)C1CC1. The fraction of sp³-hybridized carbons (Fsp3) is 0.412. The summed E-state index contributed by atoms with van der Waals surface area (Å²) in [6.07, 6.45) is 5.77. The van der Waals surface area contributed by atoms with Gasteiger partial charge in [0.2, 0.25) is 5.91 Å². The molecular weight excluding hydrogens is 298 g/mol. The number of halogens is 1. The summed E-state index contributed by atoms with van der Waals surface area (Å²) >= 11 is 6.05. The summed E-state index contributed by atoms with van der Waals surface area (Å²) in [4.78, 5) is 19.1. The second-order valence-corrected chi connectivity index (χ2v) is 6.32. The molecule has 1 heterocycles. The molecule has 2 aromatic rings. The fourth-order valence-corrected chi connectivity index (χ4v) is 2.97. The molecule has 1 fully saturated rings. The quantitative estimate of drug-likeness (QED) is 0.845. The zero-order chi connectivity index (χ0) is 15.7. The van der Waals surface area contributed by atoms with E-state index < -0.39 is 0 Å². The summed E-state index contributed by atoms with van der Waals surface area (Å²) < 4.78 is 1.93. The third-order valence-corrected chi connectivity index (χ3v) is 4.38. The lowest BCUT2D eigenvalue weighted by Crippen LogP contribution is -2.37. The van der Waals surface area contributed by atoms with Crippen LogP contribution in [-0.4, -0.2) is 26.4 Å². The van der Waals surface area contributed by atoms with Crippen LogP contribution in [-0.2, 0) is 11.3 Å². The maximum absolute atomic E-state index is 12.9. The second-order valence-electron chi connectivity index (χ2n) is 5.88. The standard InChI is InChI=1S/C17H20ClN3O/c1-12(20-9-8-19-13(20)2)17(22)21(16-6-7-16)11-14-4-3-5-15(18)10-14/h3-5,8-10,12,16H,6-7,11H2,1-2H3/t12-/m0/s1. The zero-order valence-corrected chi connectivity index (χ0v) is 13.6. The van der Waals surface area contributed by atoms with Crippen molar-refractivity contribution in [2.45, 2.75) is 45.3 Å². The van der Waals surface area contributed by atoms with Crippen LogP contribution in [0.4, 0.5) is 0 Å². The Labute approximate surface area is 135 Å². The first-order chi connectivity index (χ1) is 10.6. The fourth-order valence-electron chi connectivity index (χ4n) is 2.76. The van der Waals surface area contributed by atoms with Gasteiger partial charge in [0.05, 0.1) is 0 Å². The maximum Gasteiger partial charge on any atom is 0.245 e. The average Bonchev–Trinajstić information content (AvgIpc) is 3.25. The van der Waals surface area contributed by atoms with E-state index in [0.29, 0.717) is 17.6 Å². The van der Waals surface area contributed by atoms with Crippen molar-refractivity contribution in [2.24, 2.45) is 0 Å². The van der Waals surface area contributed by atoms with Crippen molar-refractivity contribution >= 4 is 17.5 Å². The topological polar surface area (TPSA) is 38.1 Å². The van der Waals surface area contributed by atoms with Crippen LogP contribution in [0.5, 0.6) is 0 Å². The van der Waals surface area contributed by atoms with Crippen LogP contribution < -0.4 is 0 Å². The van der Waals surface area contributed by atoms with E-state index in [1.165, 1.54) is 0 Å². The number of aryl methyl sites for hydroxylation is 1. The Morgan fingerprint density at radius 1 is 1.50 bits per heavy atom. The van der Waals surface area contributed by atoms with Crippen LogP contribution in [0.2, 0.25) is 5.02 Å². The first kappa shape index (κ1) is 15.1. The normalized spacial score (nSPS) is 15.6. The summed E-state index contributed by atoms with van der Waals surface area (Å²) in [5.41, 5.74) is 1.07. The molecule has 0 N–H and O–H groups in total. The highest BCUT2D eigenvalue weighted by Crippen LogP contribution is 2.31. The van der Waals surface area contributed by atoms with Gasteiger partial charge in [-0.15, -0.1) is 0 Å². The minimum Gasteiger partial charge on any atom is -0.334 e. The Morgan fingerprint density at radius 2 is 2.27 bits per heavy atom. The van der Waals surface area contributed by atoms with E-state index in [0.717, 1.165) is 24.2 Å². The Hall–Kier alpha value is -1.81. The molecule has 1 aliphatic carbocycles. The summed E-state index contributed by atoms with van der Waals surface area (Å²) in [6, 6.07) is 7.85. The molecule has 0 spiro atoms. The van der Waals surface area contributed by atoms with E-state index >= 15 is 0 Å². The summed E-state index contributed by atoms with van der Waals surface area (Å²) in [7, 11) is 0. The highest BCUT2D eigenvalue weighted by Gasteiger charge is 2.35. The number of carbonyl (C=O) groups excluding carboxylic acids is 1. The van der Waals surface area contributed by atoms with Crippen molar-refractivity contribution in [3.05, 3.63) is 53.1 Å². The van der Waals surface area contributed by atoms with Crippen LogP contribution in [0.1, 0.15) is 37.2 Å². The highest BCUT2D eigenvalue weighted by molar-refractivity contribution is 6.30. The van der Waals surface area contributed by atoms with Gasteiger partial charge in [-0.25, -0.2) is 4.98 Å². The molecule has 3 rings (SSSR count). The Morgan fingerprint density at radius 3 is 2.86 bits per heavy atom. The van der Waals surface area contributed by atoms with E-state index in [2.05, 4.69) is 4.98 Å². The van der Waals surface area contributed by atoms with Gasteiger partial charge < -0.3 is 9.47 Å². The molecule has 1 amide bonds. The summed E-state index contributed by atoms with van der Waals surface area (Å²) in [5.74, 6) is 1.00. The third-order valence-electron chi connectivity index (χ3n) is 4.15. The van der Waals surface area contributed by atoms with Crippen molar-refractivity contribution in [3.63, 3.8) is 0 Å². The van der Waals surface area contributed by atoms with Crippen molar-refractivity contribution < 1.29 is 4.79 Å². The molecule has 5 heteroatoms. The smallest absolute Gasteiger partial charge is 0.245 e. The first-order valence-electron chi connectivity index (χ1n) is 7.60. The van der Waals surface area contributed by atoms with E-state index in [9.17, 15) is 4.79 Å². The van der Waals surface area contributed by atoms with Gasteiger partial charge in [-0.3, -0.25) is 4.79 Å². The van der Waals surface area contributed by atoms with Crippen molar-refractivity contribution in [2.75, 3.05) is 0 Å². The van der Waals surface area contributed by atoms with Gasteiger partial charge in [0, 0.05) is 30.0 Å². The lowest BCUT2D eigenvalue weighted by Gasteiger charge is -2.27. The number of imidazole rings is 1. The molecule has 116 valence electrons. The molecule has 1 aromatic carbocycles. The number of amides is 1. The van der Waals surface area contributed by atoms with Gasteiger partial charge in [-0.2, -0.15) is 0 Å². The van der Waals surface area contributed by atoms with E-state index in [-0.39, 0.29) is 11.9 Å². The average molecular weight is 318 g/mol. The maximum atomic E-state index is 12.9. The highest BCUT2D eigenvalue weighted by atomic mass is 35.5. The number of benzene rings is 1. The van der Waals surface area contributed by atoms with Crippen molar-refractivity contribution in [3.8, 4) is 0 Å². The lowest BCUT2D eigenvalue weighted by molar-refractivity contribution is -0.135. The van der Waals surface area contributed by atoms with Gasteiger partial charge in [0.25, 0.3) is 0 Å². The molecule has 1 aliphatic rings. The molecule has 0 bridgehead atoms. The molecule has 0 unspecified atom stereocenters. The minimum atomic E-state index is -0.234. The summed E-state index contributed by atoms with van der Waals surface area (Å²) in [6.45, 7) is 4.47. The Bertz CT molecular complexity index is 678. The van der Waals surface area contributed by atoms with Crippen LogP contribution in [0.25, 0.3) is 0 Å². The number of hydrogen-bond donors (Lipinski definition) is 0. The zero-order valence-electron chi connectivity index (χ0n) is 12.9. The molecule has 0 radical (unpaired) electrons. The van der Waals surface area contributed by atoms with Gasteiger partial charge in [0.15, 0.2) is 0 Å². The van der Waals surface area contributed by atoms with E-state index in [1.807, 2.05) is 53.8 Å². The molecular formula is C17H20ClN3O. The molecule has 0 aliphatic heterocycles. The molecule has 1 aromatic heterocycles. The first-order valence-corrected chi connectivity index (χ1v) is 7.98. The minimum absolute atomic E-state index is 0.142. The monoisotopic (exact) mass is 317 g/mol. The molecule has 4 nitrogen and oxygen atoms in total. The Kier molecular flexibility index (Phi) is 4.21. The lowest BCUT2D eigenvalue weighted by atomic mass is 10.2. The van der Waals surface area contributed by atoms with E-state index in [1.54, 1.807) is 6.20 Å². The molecule has 1 saturated carbocycles. The van der Waals surface area contributed by atoms with Crippen LogP contribution in [0, 0.1) is 6.92 Å².